The smallest absolute Gasteiger partial charge is 0.269 e. The van der Waals surface area contributed by atoms with Crippen molar-refractivity contribution in [1.29, 1.82) is 0 Å². The minimum absolute atomic E-state index is 0.0816. The quantitative estimate of drug-likeness (QED) is 0.584. The molecule has 30 heavy (non-hydrogen) atoms. The van der Waals surface area contributed by atoms with E-state index in [9.17, 15) is 9.59 Å². The standard InChI is InChI=1S/C25H33N2O3/c1-7-24(3,4)18-12-14-20(15-13-18)30-21(25(5,6)8-2)23(29)27-19-11-9-10-17(16-19)22(26)28/h9-16,21,26H,7-8H2,1-6H3,(H,27,29). The van der Waals surface area contributed by atoms with Crippen LogP contribution in [0.1, 0.15) is 70.3 Å². The van der Waals surface area contributed by atoms with E-state index in [0.717, 1.165) is 12.8 Å². The van der Waals surface area contributed by atoms with Crippen molar-refractivity contribution in [2.24, 2.45) is 5.41 Å². The van der Waals surface area contributed by atoms with Gasteiger partial charge in [-0.15, -0.1) is 0 Å². The van der Waals surface area contributed by atoms with Crippen LogP contribution in [0.25, 0.3) is 0 Å². The number of benzene rings is 2. The van der Waals surface area contributed by atoms with Crippen LogP contribution in [-0.4, -0.2) is 17.9 Å². The van der Waals surface area contributed by atoms with Crippen molar-refractivity contribution in [3.63, 3.8) is 0 Å². The SMILES string of the molecule is CCC(C)(C)c1ccc(OC(C(=O)Nc2cccc(C([NH])=O)c2)C(C)(C)CC)cc1. The molecule has 2 amide bonds. The molecule has 5 nitrogen and oxygen atoms in total. The molecule has 0 aliphatic heterocycles. The normalized spacial score (nSPS) is 12.9. The summed E-state index contributed by atoms with van der Waals surface area (Å²) in [6.07, 6.45) is 1.06. The predicted octanol–water partition coefficient (Wildman–Crippen LogP) is 5.62. The van der Waals surface area contributed by atoms with Crippen LogP contribution in [0.2, 0.25) is 0 Å². The van der Waals surface area contributed by atoms with E-state index in [1.807, 2.05) is 32.9 Å². The van der Waals surface area contributed by atoms with Gasteiger partial charge in [0.05, 0.1) is 0 Å². The number of hydrogen-bond acceptors (Lipinski definition) is 3. The van der Waals surface area contributed by atoms with E-state index in [1.165, 1.54) is 11.6 Å². The maximum Gasteiger partial charge on any atom is 0.269 e. The second-order valence-corrected chi connectivity index (χ2v) is 9.00. The lowest BCUT2D eigenvalue weighted by molar-refractivity contribution is -0.127. The number of amides is 2. The van der Waals surface area contributed by atoms with E-state index in [4.69, 9.17) is 10.5 Å². The molecule has 0 aromatic heterocycles. The molecule has 0 aliphatic carbocycles. The second kappa shape index (κ2) is 9.33. The zero-order valence-corrected chi connectivity index (χ0v) is 18.8. The molecule has 1 atom stereocenters. The number of carbonyl (C=O) groups is 2. The van der Waals surface area contributed by atoms with Gasteiger partial charge < -0.3 is 10.1 Å². The molecule has 161 valence electrons. The summed E-state index contributed by atoms with van der Waals surface area (Å²) in [6.45, 7) is 12.6. The zero-order valence-electron chi connectivity index (χ0n) is 18.8. The van der Waals surface area contributed by atoms with E-state index >= 15 is 0 Å². The van der Waals surface area contributed by atoms with Gasteiger partial charge in [-0.3, -0.25) is 15.3 Å². The van der Waals surface area contributed by atoms with Gasteiger partial charge in [-0.1, -0.05) is 59.7 Å². The van der Waals surface area contributed by atoms with Gasteiger partial charge in [0.2, 0.25) is 0 Å². The Morgan fingerprint density at radius 2 is 1.63 bits per heavy atom. The Kier molecular flexibility index (Phi) is 7.30. The first-order valence-corrected chi connectivity index (χ1v) is 10.4. The van der Waals surface area contributed by atoms with E-state index in [0.29, 0.717) is 11.4 Å². The van der Waals surface area contributed by atoms with Crippen LogP contribution in [0.5, 0.6) is 5.75 Å². The van der Waals surface area contributed by atoms with Crippen molar-refractivity contribution in [3.8, 4) is 5.75 Å². The van der Waals surface area contributed by atoms with Crippen LogP contribution < -0.4 is 15.8 Å². The summed E-state index contributed by atoms with van der Waals surface area (Å²) in [5.41, 5.74) is 8.86. The third-order valence-corrected chi connectivity index (χ3v) is 6.03. The molecule has 0 heterocycles. The van der Waals surface area contributed by atoms with E-state index < -0.39 is 17.4 Å². The Morgan fingerprint density at radius 3 is 2.17 bits per heavy atom. The molecular weight excluding hydrogens is 376 g/mol. The van der Waals surface area contributed by atoms with Crippen LogP contribution in [0.3, 0.4) is 0 Å². The van der Waals surface area contributed by atoms with Gasteiger partial charge in [-0.05, 0) is 54.2 Å². The monoisotopic (exact) mass is 409 g/mol. The lowest BCUT2D eigenvalue weighted by Crippen LogP contribution is -2.44. The first-order valence-electron chi connectivity index (χ1n) is 10.4. The minimum atomic E-state index is -0.789. The number of nitrogens with one attached hydrogen (secondary N) is 2. The molecule has 2 rings (SSSR count). The Balaban J connectivity index is 2.25. The van der Waals surface area contributed by atoms with E-state index in [1.54, 1.807) is 18.2 Å². The molecule has 1 radical (unpaired) electrons. The highest BCUT2D eigenvalue weighted by Crippen LogP contribution is 2.32. The first-order chi connectivity index (χ1) is 14.0. The van der Waals surface area contributed by atoms with E-state index in [-0.39, 0.29) is 16.9 Å². The molecule has 0 fully saturated rings. The third-order valence-electron chi connectivity index (χ3n) is 6.03. The number of carbonyl (C=O) groups excluding carboxylic acids is 2. The second-order valence-electron chi connectivity index (χ2n) is 9.00. The van der Waals surface area contributed by atoms with Crippen LogP contribution in [-0.2, 0) is 10.2 Å². The molecule has 0 saturated carbocycles. The van der Waals surface area contributed by atoms with Crippen molar-refractivity contribution < 1.29 is 14.3 Å². The van der Waals surface area contributed by atoms with Crippen LogP contribution in [0.15, 0.2) is 48.5 Å². The highest BCUT2D eigenvalue weighted by atomic mass is 16.5. The average molecular weight is 410 g/mol. The molecule has 2 aromatic carbocycles. The van der Waals surface area contributed by atoms with Crippen LogP contribution in [0, 0.1) is 5.41 Å². The lowest BCUT2D eigenvalue weighted by atomic mass is 9.82. The molecule has 2 N–H and O–H groups in total. The Bertz CT molecular complexity index is 886. The fraction of sp³-hybridized carbons (Fsp3) is 0.440. The highest BCUT2D eigenvalue weighted by Gasteiger charge is 2.36. The molecule has 0 spiro atoms. The molecule has 2 aromatic rings. The van der Waals surface area contributed by atoms with Gasteiger partial charge in [0, 0.05) is 16.7 Å². The fourth-order valence-electron chi connectivity index (χ4n) is 3.02. The molecular formula is C25H33N2O3. The maximum atomic E-state index is 13.1. The number of ether oxygens (including phenoxy) is 1. The van der Waals surface area contributed by atoms with Crippen molar-refractivity contribution in [2.45, 2.75) is 65.9 Å². The topological polar surface area (TPSA) is 79.2 Å². The molecule has 1 unspecified atom stereocenters. The maximum absolute atomic E-state index is 13.1. The summed E-state index contributed by atoms with van der Waals surface area (Å²) < 4.78 is 6.17. The van der Waals surface area contributed by atoms with Crippen LogP contribution in [0.4, 0.5) is 5.69 Å². The van der Waals surface area contributed by atoms with Gasteiger partial charge in [0.1, 0.15) is 5.75 Å². The van der Waals surface area contributed by atoms with Crippen LogP contribution >= 0.6 is 0 Å². The molecule has 0 bridgehead atoms. The van der Waals surface area contributed by atoms with Gasteiger partial charge >= 0.3 is 0 Å². The van der Waals surface area contributed by atoms with E-state index in [2.05, 4.69) is 38.2 Å². The highest BCUT2D eigenvalue weighted by molar-refractivity contribution is 5.97. The van der Waals surface area contributed by atoms with Gasteiger partial charge in [0.25, 0.3) is 11.8 Å². The summed E-state index contributed by atoms with van der Waals surface area (Å²) in [6, 6.07) is 14.3. The van der Waals surface area contributed by atoms with Gasteiger partial charge in [-0.25, -0.2) is 0 Å². The first kappa shape index (κ1) is 23.5. The van der Waals surface area contributed by atoms with Crippen molar-refractivity contribution >= 4 is 17.5 Å². The zero-order chi connectivity index (χ0) is 22.5. The number of anilines is 1. The number of rotatable bonds is 9. The Hall–Kier alpha value is -2.82. The summed E-state index contributed by atoms with van der Waals surface area (Å²) in [5.74, 6) is -0.431. The summed E-state index contributed by atoms with van der Waals surface area (Å²) in [7, 11) is 0. The largest absolute Gasteiger partial charge is 0.480 e. The summed E-state index contributed by atoms with van der Waals surface area (Å²) in [5, 5.41) is 2.84. The van der Waals surface area contributed by atoms with Crippen molar-refractivity contribution in [2.75, 3.05) is 5.32 Å². The van der Waals surface area contributed by atoms with Gasteiger partial charge in [0.15, 0.2) is 6.10 Å². The number of hydrogen-bond donors (Lipinski definition) is 1. The molecule has 0 aliphatic rings. The summed E-state index contributed by atoms with van der Waals surface area (Å²) in [4.78, 5) is 24.4. The Morgan fingerprint density at radius 1 is 1.00 bits per heavy atom. The average Bonchev–Trinajstić information content (AvgIpc) is 2.72. The fourth-order valence-corrected chi connectivity index (χ4v) is 3.02. The summed E-state index contributed by atoms with van der Waals surface area (Å²) >= 11 is 0. The lowest BCUT2D eigenvalue weighted by Gasteiger charge is -2.33. The predicted molar refractivity (Wildman–Crippen MR) is 121 cm³/mol. The van der Waals surface area contributed by atoms with Crippen molar-refractivity contribution in [3.05, 3.63) is 59.7 Å². The van der Waals surface area contributed by atoms with Gasteiger partial charge in [-0.2, -0.15) is 0 Å². The minimum Gasteiger partial charge on any atom is -0.480 e. The molecule has 0 saturated heterocycles. The Labute approximate surface area is 180 Å². The molecule has 5 heteroatoms. The van der Waals surface area contributed by atoms with Crippen molar-refractivity contribution in [1.82, 2.24) is 5.73 Å². The third kappa shape index (κ3) is 5.62.